The molecule has 0 radical (unpaired) electrons. The number of ether oxygens (including phenoxy) is 2. The Morgan fingerprint density at radius 2 is 1.89 bits per heavy atom. The van der Waals surface area contributed by atoms with Crippen LogP contribution in [-0.2, 0) is 11.8 Å². The SMILES string of the molecule is CCN1CCN(C(=O)c2cc(-c3ccc(OC)c(OC)c3)n(C)n2)C(C)C1=O. The number of aromatic nitrogens is 2. The van der Waals surface area contributed by atoms with Crippen molar-refractivity contribution in [3.63, 3.8) is 0 Å². The van der Waals surface area contributed by atoms with Crippen LogP contribution in [-0.4, -0.2) is 71.3 Å². The van der Waals surface area contributed by atoms with Crippen LogP contribution in [0.3, 0.4) is 0 Å². The van der Waals surface area contributed by atoms with Gasteiger partial charge in [0.2, 0.25) is 5.91 Å². The van der Waals surface area contributed by atoms with Crippen molar-refractivity contribution in [1.82, 2.24) is 19.6 Å². The van der Waals surface area contributed by atoms with E-state index in [9.17, 15) is 9.59 Å². The van der Waals surface area contributed by atoms with Crippen molar-refractivity contribution in [3.8, 4) is 22.8 Å². The summed E-state index contributed by atoms with van der Waals surface area (Å²) in [5.41, 5.74) is 1.94. The lowest BCUT2D eigenvalue weighted by Crippen LogP contribution is -2.57. The van der Waals surface area contributed by atoms with Gasteiger partial charge < -0.3 is 19.3 Å². The second kappa shape index (κ2) is 7.92. The predicted octanol–water partition coefficient (Wildman–Crippen LogP) is 1.80. The average Bonchev–Trinajstić information content (AvgIpc) is 3.10. The molecule has 0 bridgehead atoms. The molecule has 3 rings (SSSR count). The van der Waals surface area contributed by atoms with E-state index in [0.29, 0.717) is 36.8 Å². The molecule has 8 nitrogen and oxygen atoms in total. The summed E-state index contributed by atoms with van der Waals surface area (Å²) < 4.78 is 12.3. The predicted molar refractivity (Wildman–Crippen MR) is 105 cm³/mol. The molecule has 1 saturated heterocycles. The molecule has 2 heterocycles. The van der Waals surface area contributed by atoms with Crippen molar-refractivity contribution >= 4 is 11.8 Å². The van der Waals surface area contributed by atoms with Gasteiger partial charge in [0.15, 0.2) is 17.2 Å². The van der Waals surface area contributed by atoms with Crippen LogP contribution in [0.15, 0.2) is 24.3 Å². The second-order valence-electron chi connectivity index (χ2n) is 6.70. The molecular weight excluding hydrogens is 360 g/mol. The largest absolute Gasteiger partial charge is 0.493 e. The van der Waals surface area contributed by atoms with Crippen molar-refractivity contribution in [2.45, 2.75) is 19.9 Å². The first-order valence-corrected chi connectivity index (χ1v) is 9.27. The molecule has 8 heteroatoms. The molecule has 1 unspecified atom stereocenters. The van der Waals surface area contributed by atoms with Crippen molar-refractivity contribution < 1.29 is 19.1 Å². The Hall–Kier alpha value is -3.03. The Labute approximate surface area is 164 Å². The van der Waals surface area contributed by atoms with Gasteiger partial charge in [-0.2, -0.15) is 5.10 Å². The van der Waals surface area contributed by atoms with Gasteiger partial charge in [-0.05, 0) is 38.1 Å². The van der Waals surface area contributed by atoms with Crippen LogP contribution in [0.1, 0.15) is 24.3 Å². The highest BCUT2D eigenvalue weighted by atomic mass is 16.5. The van der Waals surface area contributed by atoms with Gasteiger partial charge in [0.1, 0.15) is 6.04 Å². The number of aryl methyl sites for hydroxylation is 1. The van der Waals surface area contributed by atoms with Gasteiger partial charge in [0, 0.05) is 32.2 Å². The van der Waals surface area contributed by atoms with Gasteiger partial charge in [0.05, 0.1) is 19.9 Å². The lowest BCUT2D eigenvalue weighted by molar-refractivity contribution is -0.139. The van der Waals surface area contributed by atoms with Crippen LogP contribution in [0, 0.1) is 0 Å². The first-order chi connectivity index (χ1) is 13.4. The van der Waals surface area contributed by atoms with Gasteiger partial charge in [-0.3, -0.25) is 14.3 Å². The van der Waals surface area contributed by atoms with Gasteiger partial charge in [-0.1, -0.05) is 0 Å². The fraction of sp³-hybridized carbons (Fsp3) is 0.450. The number of rotatable bonds is 5. The minimum absolute atomic E-state index is 0.0295. The van der Waals surface area contributed by atoms with Crippen molar-refractivity contribution in [2.24, 2.45) is 7.05 Å². The lowest BCUT2D eigenvalue weighted by atomic mass is 10.1. The van der Waals surface area contributed by atoms with E-state index in [1.165, 1.54) is 0 Å². The number of amides is 2. The molecule has 2 aromatic rings. The first-order valence-electron chi connectivity index (χ1n) is 9.27. The van der Waals surface area contributed by atoms with Crippen LogP contribution >= 0.6 is 0 Å². The van der Waals surface area contributed by atoms with E-state index in [1.54, 1.807) is 48.7 Å². The fourth-order valence-electron chi connectivity index (χ4n) is 3.51. The van der Waals surface area contributed by atoms with E-state index >= 15 is 0 Å². The van der Waals surface area contributed by atoms with Gasteiger partial charge >= 0.3 is 0 Å². The zero-order valence-electron chi connectivity index (χ0n) is 16.9. The number of carbonyl (C=O) groups excluding carboxylic acids is 2. The van der Waals surface area contributed by atoms with E-state index in [0.717, 1.165) is 11.3 Å². The molecular formula is C20H26N4O4. The minimum Gasteiger partial charge on any atom is -0.493 e. The van der Waals surface area contributed by atoms with Crippen molar-refractivity contribution in [1.29, 1.82) is 0 Å². The monoisotopic (exact) mass is 386 g/mol. The molecule has 2 amide bonds. The number of piperazine rings is 1. The maximum Gasteiger partial charge on any atom is 0.275 e. The Balaban J connectivity index is 1.88. The number of benzene rings is 1. The number of hydrogen-bond donors (Lipinski definition) is 0. The number of nitrogens with zero attached hydrogens (tertiary/aromatic N) is 4. The summed E-state index contributed by atoms with van der Waals surface area (Å²) >= 11 is 0. The lowest BCUT2D eigenvalue weighted by Gasteiger charge is -2.38. The van der Waals surface area contributed by atoms with E-state index < -0.39 is 6.04 Å². The number of methoxy groups -OCH3 is 2. The standard InChI is InChI=1S/C20H26N4O4/c1-6-23-9-10-24(13(2)19(23)25)20(26)15-12-16(22(3)21-15)14-7-8-17(27-4)18(11-14)28-5/h7-8,11-13H,6,9-10H2,1-5H3. The normalized spacial score (nSPS) is 17.0. The molecule has 150 valence electrons. The topological polar surface area (TPSA) is 76.9 Å². The van der Waals surface area contributed by atoms with Crippen LogP contribution in [0.2, 0.25) is 0 Å². The Kier molecular flexibility index (Phi) is 5.58. The summed E-state index contributed by atoms with van der Waals surface area (Å²) in [6, 6.07) is 6.79. The molecule has 0 N–H and O–H groups in total. The number of carbonyl (C=O) groups is 2. The van der Waals surface area contributed by atoms with E-state index in [2.05, 4.69) is 5.10 Å². The average molecular weight is 386 g/mol. The summed E-state index contributed by atoms with van der Waals surface area (Å²) in [5.74, 6) is 0.965. The Bertz CT molecular complexity index is 892. The molecule has 0 saturated carbocycles. The Morgan fingerprint density at radius 3 is 2.54 bits per heavy atom. The van der Waals surface area contributed by atoms with Gasteiger partial charge in [-0.25, -0.2) is 0 Å². The second-order valence-corrected chi connectivity index (χ2v) is 6.70. The van der Waals surface area contributed by atoms with Crippen LogP contribution in [0.4, 0.5) is 0 Å². The highest BCUT2D eigenvalue weighted by Crippen LogP contribution is 2.32. The maximum atomic E-state index is 13.0. The van der Waals surface area contributed by atoms with Gasteiger partial charge in [0.25, 0.3) is 5.91 Å². The van der Waals surface area contributed by atoms with E-state index in [4.69, 9.17) is 9.47 Å². The third-order valence-electron chi connectivity index (χ3n) is 5.17. The first kappa shape index (κ1) is 19.7. The highest BCUT2D eigenvalue weighted by molar-refractivity contribution is 5.97. The molecule has 0 spiro atoms. The fourth-order valence-corrected chi connectivity index (χ4v) is 3.51. The highest BCUT2D eigenvalue weighted by Gasteiger charge is 2.35. The van der Waals surface area contributed by atoms with E-state index in [-0.39, 0.29) is 11.8 Å². The molecule has 1 aliphatic heterocycles. The van der Waals surface area contributed by atoms with Crippen molar-refractivity contribution in [3.05, 3.63) is 30.0 Å². The number of hydrogen-bond acceptors (Lipinski definition) is 5. The molecule has 1 fully saturated rings. The van der Waals surface area contributed by atoms with Gasteiger partial charge in [-0.15, -0.1) is 0 Å². The molecule has 1 aromatic heterocycles. The smallest absolute Gasteiger partial charge is 0.275 e. The summed E-state index contributed by atoms with van der Waals surface area (Å²) in [7, 11) is 4.94. The molecule has 1 atom stereocenters. The molecule has 1 aliphatic rings. The zero-order valence-corrected chi connectivity index (χ0v) is 16.9. The minimum atomic E-state index is -0.493. The van der Waals surface area contributed by atoms with E-state index in [1.807, 2.05) is 25.1 Å². The summed E-state index contributed by atoms with van der Waals surface area (Å²) in [4.78, 5) is 28.8. The van der Waals surface area contributed by atoms with Crippen molar-refractivity contribution in [2.75, 3.05) is 33.9 Å². The zero-order chi connectivity index (χ0) is 20.4. The summed E-state index contributed by atoms with van der Waals surface area (Å²) in [6.45, 7) is 5.40. The quantitative estimate of drug-likeness (QED) is 0.783. The Morgan fingerprint density at radius 1 is 1.18 bits per heavy atom. The molecule has 1 aromatic carbocycles. The third kappa shape index (κ3) is 3.42. The third-order valence-corrected chi connectivity index (χ3v) is 5.17. The molecule has 28 heavy (non-hydrogen) atoms. The number of likely N-dealkylation sites (N-methyl/N-ethyl adjacent to an activating group) is 1. The van der Waals surface area contributed by atoms with Crippen LogP contribution in [0.25, 0.3) is 11.3 Å². The van der Waals surface area contributed by atoms with Crippen LogP contribution in [0.5, 0.6) is 11.5 Å². The maximum absolute atomic E-state index is 13.0. The summed E-state index contributed by atoms with van der Waals surface area (Å²) in [6.07, 6.45) is 0. The van der Waals surface area contributed by atoms with Crippen LogP contribution < -0.4 is 9.47 Å². The summed E-state index contributed by atoms with van der Waals surface area (Å²) in [5, 5.41) is 4.39. The molecule has 0 aliphatic carbocycles.